The molecule has 1 aliphatic carbocycles. The van der Waals surface area contributed by atoms with Crippen molar-refractivity contribution >= 4 is 11.8 Å². The summed E-state index contributed by atoms with van der Waals surface area (Å²) in [7, 11) is 2.17. The van der Waals surface area contributed by atoms with Crippen LogP contribution in [0.4, 0.5) is 0 Å². The van der Waals surface area contributed by atoms with Crippen molar-refractivity contribution in [2.24, 2.45) is 0 Å². The lowest BCUT2D eigenvalue weighted by Gasteiger charge is -2.44. The predicted molar refractivity (Wildman–Crippen MR) is 152 cm³/mol. The van der Waals surface area contributed by atoms with E-state index >= 15 is 0 Å². The molecule has 2 amide bonds. The highest BCUT2D eigenvalue weighted by Crippen LogP contribution is 2.33. The van der Waals surface area contributed by atoms with Gasteiger partial charge in [0.15, 0.2) is 0 Å². The van der Waals surface area contributed by atoms with Gasteiger partial charge in [0, 0.05) is 31.7 Å². The summed E-state index contributed by atoms with van der Waals surface area (Å²) in [5.41, 5.74) is 2.97. The summed E-state index contributed by atoms with van der Waals surface area (Å²) in [6, 6.07) is 17.9. The number of rotatable bonds is 11. The minimum absolute atomic E-state index is 0.0112. The highest BCUT2D eigenvalue weighted by molar-refractivity contribution is 5.96. The van der Waals surface area contributed by atoms with Gasteiger partial charge in [0.1, 0.15) is 0 Å². The molecule has 6 nitrogen and oxygen atoms in total. The summed E-state index contributed by atoms with van der Waals surface area (Å²) in [5, 5.41) is 2.77. The molecule has 38 heavy (non-hydrogen) atoms. The van der Waals surface area contributed by atoms with Crippen LogP contribution >= 0.6 is 0 Å². The fraction of sp³-hybridized carbons (Fsp3) is 0.438. The quantitative estimate of drug-likeness (QED) is 0.469. The molecule has 0 aromatic heterocycles. The van der Waals surface area contributed by atoms with E-state index in [1.807, 2.05) is 23.1 Å². The Balaban J connectivity index is 1.31. The van der Waals surface area contributed by atoms with Gasteiger partial charge in [-0.1, -0.05) is 73.7 Å². The lowest BCUT2D eigenvalue weighted by atomic mass is 9.86. The fourth-order valence-corrected chi connectivity index (χ4v) is 5.18. The van der Waals surface area contributed by atoms with Gasteiger partial charge in [0.25, 0.3) is 5.91 Å². The van der Waals surface area contributed by atoms with Crippen LogP contribution < -0.4 is 5.32 Å². The molecular formula is C32H41N3O3. The Morgan fingerprint density at radius 1 is 1.03 bits per heavy atom. The molecule has 1 N–H and O–H groups in total. The van der Waals surface area contributed by atoms with E-state index in [2.05, 4.69) is 72.8 Å². The number of amides is 2. The summed E-state index contributed by atoms with van der Waals surface area (Å²) in [6.07, 6.45) is 12.9. The fourth-order valence-electron chi connectivity index (χ4n) is 5.18. The van der Waals surface area contributed by atoms with E-state index in [1.165, 1.54) is 11.1 Å². The Labute approximate surface area is 227 Å². The van der Waals surface area contributed by atoms with Gasteiger partial charge in [-0.3, -0.25) is 9.59 Å². The molecule has 1 saturated heterocycles. The minimum atomic E-state index is -0.273. The van der Waals surface area contributed by atoms with Gasteiger partial charge in [0.2, 0.25) is 5.91 Å². The summed E-state index contributed by atoms with van der Waals surface area (Å²) in [4.78, 5) is 29.5. The SMILES string of the molecule is CCc1ccc(CN(C)CCC2(OC3C=CC=CC3)CCN(C(=O)CNC(=O)c3ccccc3)CC2)cc1. The van der Waals surface area contributed by atoms with Crippen molar-refractivity contribution in [1.29, 1.82) is 0 Å². The standard InChI is InChI=1S/C32H41N3O3/c1-3-26-14-16-27(17-15-26)25-34(2)21-18-32(38-29-12-8-5-9-13-29)19-22-35(23-20-32)30(36)24-33-31(37)28-10-6-4-7-11-28/h4-12,14-17,29H,3,13,18-25H2,1-2H3,(H,33,37). The minimum Gasteiger partial charge on any atom is -0.367 e. The maximum absolute atomic E-state index is 12.9. The second-order valence-electron chi connectivity index (χ2n) is 10.5. The average molecular weight is 516 g/mol. The molecule has 2 aliphatic rings. The number of nitrogens with one attached hydrogen (secondary N) is 1. The second kappa shape index (κ2) is 13.5. The predicted octanol–water partition coefficient (Wildman–Crippen LogP) is 4.76. The normalized spacial score (nSPS) is 18.5. The maximum Gasteiger partial charge on any atom is 0.251 e. The molecule has 1 fully saturated rings. The molecule has 1 aliphatic heterocycles. The molecule has 1 heterocycles. The Morgan fingerprint density at radius 3 is 2.39 bits per heavy atom. The smallest absolute Gasteiger partial charge is 0.251 e. The molecule has 6 heteroatoms. The Hall–Kier alpha value is -3.22. The average Bonchev–Trinajstić information content (AvgIpc) is 2.96. The van der Waals surface area contributed by atoms with Gasteiger partial charge >= 0.3 is 0 Å². The Morgan fingerprint density at radius 2 is 1.74 bits per heavy atom. The molecule has 2 aromatic carbocycles. The largest absolute Gasteiger partial charge is 0.367 e. The lowest BCUT2D eigenvalue weighted by Crippen LogP contribution is -2.52. The number of hydrogen-bond acceptors (Lipinski definition) is 4. The van der Waals surface area contributed by atoms with Gasteiger partial charge in [-0.15, -0.1) is 0 Å². The molecule has 0 spiro atoms. The van der Waals surface area contributed by atoms with Crippen molar-refractivity contribution in [2.75, 3.05) is 33.2 Å². The van der Waals surface area contributed by atoms with Crippen LogP contribution in [0.15, 0.2) is 78.9 Å². The van der Waals surface area contributed by atoms with E-state index in [4.69, 9.17) is 4.74 Å². The molecule has 0 radical (unpaired) electrons. The third-order valence-corrected chi connectivity index (χ3v) is 7.64. The summed E-state index contributed by atoms with van der Waals surface area (Å²) in [6.45, 7) is 5.28. The monoisotopic (exact) mass is 515 g/mol. The van der Waals surface area contributed by atoms with E-state index in [0.717, 1.165) is 45.2 Å². The third kappa shape index (κ3) is 7.89. The number of likely N-dealkylation sites (tertiary alicyclic amines) is 1. The second-order valence-corrected chi connectivity index (χ2v) is 10.5. The number of carbonyl (C=O) groups excluding carboxylic acids is 2. The number of benzene rings is 2. The van der Waals surface area contributed by atoms with Crippen LogP contribution in [-0.4, -0.2) is 66.5 Å². The molecule has 202 valence electrons. The number of piperidine rings is 1. The van der Waals surface area contributed by atoms with Gasteiger partial charge in [-0.2, -0.15) is 0 Å². The van der Waals surface area contributed by atoms with E-state index in [0.29, 0.717) is 18.7 Å². The number of ether oxygens (including phenoxy) is 1. The maximum atomic E-state index is 12.9. The zero-order valence-electron chi connectivity index (χ0n) is 22.8. The van der Waals surface area contributed by atoms with Gasteiger partial charge in [-0.05, 0) is 62.4 Å². The lowest BCUT2D eigenvalue weighted by molar-refractivity contribution is -0.142. The van der Waals surface area contributed by atoms with Gasteiger partial charge in [0.05, 0.1) is 18.2 Å². The molecule has 1 unspecified atom stereocenters. The van der Waals surface area contributed by atoms with Gasteiger partial charge in [-0.25, -0.2) is 0 Å². The first kappa shape index (κ1) is 27.8. The zero-order chi connectivity index (χ0) is 26.8. The highest BCUT2D eigenvalue weighted by atomic mass is 16.5. The Bertz CT molecular complexity index is 1100. The first-order valence-corrected chi connectivity index (χ1v) is 13.8. The Kier molecular flexibility index (Phi) is 9.91. The van der Waals surface area contributed by atoms with Crippen molar-refractivity contribution < 1.29 is 14.3 Å². The topological polar surface area (TPSA) is 61.9 Å². The van der Waals surface area contributed by atoms with Crippen LogP contribution in [0.2, 0.25) is 0 Å². The number of hydrogen-bond donors (Lipinski definition) is 1. The van der Waals surface area contributed by atoms with Crippen molar-refractivity contribution in [3.05, 3.63) is 95.6 Å². The summed E-state index contributed by atoms with van der Waals surface area (Å²) in [5.74, 6) is -0.269. The van der Waals surface area contributed by atoms with Crippen LogP contribution in [0, 0.1) is 0 Å². The zero-order valence-corrected chi connectivity index (χ0v) is 22.8. The van der Waals surface area contributed by atoms with Crippen molar-refractivity contribution in [1.82, 2.24) is 15.1 Å². The van der Waals surface area contributed by atoms with Gasteiger partial charge < -0.3 is 19.9 Å². The van der Waals surface area contributed by atoms with E-state index < -0.39 is 0 Å². The number of allylic oxidation sites excluding steroid dienone is 2. The van der Waals surface area contributed by atoms with Crippen molar-refractivity contribution in [3.63, 3.8) is 0 Å². The molecular weight excluding hydrogens is 474 g/mol. The van der Waals surface area contributed by atoms with E-state index in [9.17, 15) is 9.59 Å². The first-order valence-electron chi connectivity index (χ1n) is 13.8. The summed E-state index contributed by atoms with van der Waals surface area (Å²) >= 11 is 0. The first-order chi connectivity index (χ1) is 18.5. The molecule has 0 bridgehead atoms. The van der Waals surface area contributed by atoms with Crippen LogP contribution in [0.3, 0.4) is 0 Å². The number of nitrogens with zero attached hydrogens (tertiary/aromatic N) is 2. The summed E-state index contributed by atoms with van der Waals surface area (Å²) < 4.78 is 6.76. The molecule has 0 saturated carbocycles. The van der Waals surface area contributed by atoms with Crippen LogP contribution in [-0.2, 0) is 22.5 Å². The van der Waals surface area contributed by atoms with Crippen molar-refractivity contribution in [3.8, 4) is 0 Å². The molecule has 1 atom stereocenters. The van der Waals surface area contributed by atoms with Crippen LogP contribution in [0.1, 0.15) is 54.1 Å². The number of aryl methyl sites for hydroxylation is 1. The molecule has 2 aromatic rings. The van der Waals surface area contributed by atoms with Crippen LogP contribution in [0.5, 0.6) is 0 Å². The number of carbonyl (C=O) groups is 2. The third-order valence-electron chi connectivity index (χ3n) is 7.64. The molecule has 4 rings (SSSR count). The van der Waals surface area contributed by atoms with Crippen LogP contribution in [0.25, 0.3) is 0 Å². The van der Waals surface area contributed by atoms with E-state index in [1.54, 1.807) is 12.1 Å². The van der Waals surface area contributed by atoms with Crippen molar-refractivity contribution in [2.45, 2.75) is 57.3 Å². The highest BCUT2D eigenvalue weighted by Gasteiger charge is 2.38. The van der Waals surface area contributed by atoms with E-state index in [-0.39, 0.29) is 30.1 Å².